The van der Waals surface area contributed by atoms with E-state index < -0.39 is 23.8 Å². The van der Waals surface area contributed by atoms with E-state index in [1.165, 1.54) is 37.1 Å². The zero-order chi connectivity index (χ0) is 27.9. The lowest BCUT2D eigenvalue weighted by Crippen LogP contribution is -2.27. The fourth-order valence-corrected chi connectivity index (χ4v) is 4.64. The van der Waals surface area contributed by atoms with E-state index in [0.29, 0.717) is 13.1 Å². The van der Waals surface area contributed by atoms with Crippen molar-refractivity contribution in [3.8, 4) is 0 Å². The highest BCUT2D eigenvalue weighted by Crippen LogP contribution is 2.30. The van der Waals surface area contributed by atoms with Gasteiger partial charge in [0.15, 0.2) is 0 Å². The van der Waals surface area contributed by atoms with Crippen LogP contribution in [0, 0.1) is 0 Å². The fourth-order valence-electron chi connectivity index (χ4n) is 4.64. The number of rotatable bonds is 18. The third-order valence-corrected chi connectivity index (χ3v) is 6.74. The lowest BCUT2D eigenvalue weighted by Gasteiger charge is -2.16. The number of amides is 2. The molecule has 0 heterocycles. The molecule has 2 aromatic carbocycles. The van der Waals surface area contributed by atoms with Crippen molar-refractivity contribution in [3.05, 3.63) is 46.5 Å². The summed E-state index contributed by atoms with van der Waals surface area (Å²) < 4.78 is 0. The quantitative estimate of drug-likeness (QED) is 0.166. The van der Waals surface area contributed by atoms with E-state index in [9.17, 15) is 29.4 Å². The van der Waals surface area contributed by atoms with Crippen molar-refractivity contribution in [2.75, 3.05) is 13.1 Å². The monoisotopic (exact) mass is 526 g/mol. The first kappa shape index (κ1) is 30.8. The minimum Gasteiger partial charge on any atom is -0.478 e. The summed E-state index contributed by atoms with van der Waals surface area (Å²) in [5.74, 6) is -3.59. The summed E-state index contributed by atoms with van der Waals surface area (Å²) in [6, 6.07) is 5.18. The molecule has 4 N–H and O–H groups in total. The van der Waals surface area contributed by atoms with Crippen LogP contribution in [0.5, 0.6) is 0 Å². The molecule has 0 saturated heterocycles. The van der Waals surface area contributed by atoms with E-state index in [0.717, 1.165) is 64.2 Å². The van der Waals surface area contributed by atoms with Crippen LogP contribution in [0.15, 0.2) is 24.3 Å². The summed E-state index contributed by atoms with van der Waals surface area (Å²) in [6.07, 6.45) is 12.7. The molecular formula is C30H42N2O6. The molecule has 0 radical (unpaired) electrons. The van der Waals surface area contributed by atoms with Crippen molar-refractivity contribution in [3.63, 3.8) is 0 Å². The van der Waals surface area contributed by atoms with Gasteiger partial charge in [-0.2, -0.15) is 0 Å². The fraction of sp³-hybridized carbons (Fsp3) is 0.533. The van der Waals surface area contributed by atoms with Crippen LogP contribution in [0.2, 0.25) is 0 Å². The number of unbranched alkanes of at least 4 members (excludes halogenated alkanes) is 10. The Bertz CT molecular complexity index is 1030. The highest BCUT2D eigenvalue weighted by atomic mass is 16.4. The Kier molecular flexibility index (Phi) is 13.3. The van der Waals surface area contributed by atoms with Crippen molar-refractivity contribution >= 4 is 34.5 Å². The Morgan fingerprint density at radius 1 is 0.526 bits per heavy atom. The molecule has 0 unspecified atom stereocenters. The van der Waals surface area contributed by atoms with Crippen molar-refractivity contribution in [1.82, 2.24) is 10.6 Å². The number of benzene rings is 2. The van der Waals surface area contributed by atoms with Crippen LogP contribution >= 0.6 is 0 Å². The van der Waals surface area contributed by atoms with Gasteiger partial charge in [0.1, 0.15) is 0 Å². The van der Waals surface area contributed by atoms with Gasteiger partial charge in [0.05, 0.1) is 11.1 Å². The Morgan fingerprint density at radius 3 is 1.18 bits per heavy atom. The van der Waals surface area contributed by atoms with Crippen LogP contribution in [0.25, 0.3) is 10.8 Å². The predicted octanol–water partition coefficient (Wildman–Crippen LogP) is 6.42. The molecule has 8 heteroatoms. The number of nitrogens with one attached hydrogen (secondary N) is 2. The minimum absolute atomic E-state index is 0.0370. The second-order valence-electron chi connectivity index (χ2n) is 9.73. The topological polar surface area (TPSA) is 133 Å². The summed E-state index contributed by atoms with van der Waals surface area (Å²) in [6.45, 7) is 5.15. The van der Waals surface area contributed by atoms with Crippen LogP contribution in [-0.2, 0) is 0 Å². The predicted molar refractivity (Wildman–Crippen MR) is 149 cm³/mol. The van der Waals surface area contributed by atoms with Crippen molar-refractivity contribution < 1.29 is 29.4 Å². The average Bonchev–Trinajstić information content (AvgIpc) is 2.90. The maximum atomic E-state index is 13.1. The largest absolute Gasteiger partial charge is 0.478 e. The molecule has 0 aliphatic heterocycles. The van der Waals surface area contributed by atoms with Crippen molar-refractivity contribution in [2.24, 2.45) is 0 Å². The second kappa shape index (κ2) is 16.4. The molecule has 2 aromatic rings. The van der Waals surface area contributed by atoms with Crippen LogP contribution in [-0.4, -0.2) is 47.1 Å². The lowest BCUT2D eigenvalue weighted by molar-refractivity contribution is 0.0684. The molecule has 0 saturated carbocycles. The van der Waals surface area contributed by atoms with Gasteiger partial charge in [-0.05, 0) is 37.1 Å². The SMILES string of the molecule is CCCCCCCCNC(=O)c1ccc(C(=O)NCCCCCCCC)c2c(C(=O)O)ccc(C(=O)O)c12. The molecule has 0 aliphatic carbocycles. The number of fused-ring (bicyclic) bond motifs is 1. The highest BCUT2D eigenvalue weighted by molar-refractivity contribution is 6.23. The van der Waals surface area contributed by atoms with Gasteiger partial charge in [-0.25, -0.2) is 9.59 Å². The zero-order valence-corrected chi connectivity index (χ0v) is 22.7. The number of carbonyl (C=O) groups excluding carboxylic acids is 2. The standard InChI is InChI=1S/C30H42N2O6/c1-3-5-7-9-11-13-19-31-27(33)21-15-16-22(28(34)32-20-14-12-10-8-6-4-2)26-24(30(37)38)18-17-23(25(21)26)29(35)36/h15-18H,3-14,19-20H2,1-2H3,(H,31,33)(H,32,34)(H,35,36)(H,37,38). The maximum absolute atomic E-state index is 13.1. The number of carbonyl (C=O) groups is 4. The van der Waals surface area contributed by atoms with E-state index in [1.54, 1.807) is 0 Å². The average molecular weight is 527 g/mol. The van der Waals surface area contributed by atoms with E-state index in [4.69, 9.17) is 0 Å². The Morgan fingerprint density at radius 2 is 0.842 bits per heavy atom. The summed E-state index contributed by atoms with van der Waals surface area (Å²) in [5.41, 5.74) is -0.363. The second-order valence-corrected chi connectivity index (χ2v) is 9.73. The van der Waals surface area contributed by atoms with Gasteiger partial charge in [0, 0.05) is 35.0 Å². The van der Waals surface area contributed by atoms with E-state index in [2.05, 4.69) is 24.5 Å². The van der Waals surface area contributed by atoms with Gasteiger partial charge in [-0.3, -0.25) is 9.59 Å². The van der Waals surface area contributed by atoms with Gasteiger partial charge in [-0.1, -0.05) is 78.1 Å². The first-order valence-corrected chi connectivity index (χ1v) is 14.0. The highest BCUT2D eigenvalue weighted by Gasteiger charge is 2.25. The first-order chi connectivity index (χ1) is 18.3. The molecule has 8 nitrogen and oxygen atoms in total. The van der Waals surface area contributed by atoms with Gasteiger partial charge in [0.2, 0.25) is 0 Å². The van der Waals surface area contributed by atoms with Gasteiger partial charge < -0.3 is 20.8 Å². The van der Waals surface area contributed by atoms with Crippen molar-refractivity contribution in [1.29, 1.82) is 0 Å². The van der Waals surface area contributed by atoms with E-state index >= 15 is 0 Å². The Hall–Kier alpha value is -3.42. The number of carboxylic acids is 2. The zero-order valence-electron chi connectivity index (χ0n) is 22.7. The molecule has 0 aliphatic rings. The summed E-state index contributed by atoms with van der Waals surface area (Å²) in [4.78, 5) is 50.3. The first-order valence-electron chi connectivity index (χ1n) is 14.0. The number of hydrogen-bond acceptors (Lipinski definition) is 4. The minimum atomic E-state index is -1.30. The molecular weight excluding hydrogens is 484 g/mol. The van der Waals surface area contributed by atoms with E-state index in [-0.39, 0.29) is 33.0 Å². The van der Waals surface area contributed by atoms with Gasteiger partial charge in [0.25, 0.3) is 11.8 Å². The van der Waals surface area contributed by atoms with Crippen LogP contribution in [0.4, 0.5) is 0 Å². The van der Waals surface area contributed by atoms with Gasteiger partial charge in [-0.15, -0.1) is 0 Å². The van der Waals surface area contributed by atoms with Crippen LogP contribution < -0.4 is 10.6 Å². The van der Waals surface area contributed by atoms with Crippen LogP contribution in [0.3, 0.4) is 0 Å². The summed E-state index contributed by atoms with van der Waals surface area (Å²) in [7, 11) is 0. The van der Waals surface area contributed by atoms with Crippen molar-refractivity contribution in [2.45, 2.75) is 90.9 Å². The van der Waals surface area contributed by atoms with Gasteiger partial charge >= 0.3 is 11.9 Å². The molecule has 208 valence electrons. The Balaban J connectivity index is 2.31. The molecule has 0 atom stereocenters. The molecule has 2 amide bonds. The van der Waals surface area contributed by atoms with Crippen LogP contribution in [0.1, 0.15) is 132 Å². The third-order valence-electron chi connectivity index (χ3n) is 6.74. The molecule has 38 heavy (non-hydrogen) atoms. The normalized spacial score (nSPS) is 10.9. The molecule has 0 fully saturated rings. The summed E-state index contributed by atoms with van der Waals surface area (Å²) >= 11 is 0. The molecule has 2 rings (SSSR count). The smallest absolute Gasteiger partial charge is 0.336 e. The molecule has 0 aromatic heterocycles. The molecule has 0 spiro atoms. The summed E-state index contributed by atoms with van der Waals surface area (Å²) in [5, 5.41) is 25.3. The van der Waals surface area contributed by atoms with E-state index in [1.807, 2.05) is 0 Å². The molecule has 0 bridgehead atoms. The Labute approximate surface area is 225 Å². The third kappa shape index (κ3) is 8.85. The number of hydrogen-bond donors (Lipinski definition) is 4. The number of carboxylic acid groups (broad SMARTS) is 2. The lowest BCUT2D eigenvalue weighted by atomic mass is 9.91. The number of aromatic carboxylic acids is 2. The maximum Gasteiger partial charge on any atom is 0.336 e.